The van der Waals surface area contributed by atoms with Crippen LogP contribution in [0.25, 0.3) is 45.3 Å². The molecular weight excluding hydrogens is 637 g/mol. The van der Waals surface area contributed by atoms with Gasteiger partial charge in [-0.05, 0) is 72.8 Å². The number of pyridine rings is 6. The Bertz CT molecular complexity index is 1280. The molecule has 0 aliphatic carbocycles. The van der Waals surface area contributed by atoms with Gasteiger partial charge in [0.05, 0.1) is 34.2 Å². The van der Waals surface area contributed by atoms with Gasteiger partial charge in [-0.1, -0.05) is 24.3 Å². The van der Waals surface area contributed by atoms with Gasteiger partial charge >= 0.3 is 0 Å². The average Bonchev–Trinajstić information content (AvgIpc) is 2.99. The Balaban J connectivity index is 0.000000168. The zero-order valence-corrected chi connectivity index (χ0v) is 22.1. The molecule has 1 radical (unpaired) electrons. The van der Waals surface area contributed by atoms with Crippen molar-refractivity contribution in [2.24, 2.45) is 0 Å². The molecule has 0 aliphatic rings. The number of hydrogen-bond donors (Lipinski definition) is 0. The maximum absolute atomic E-state index is 4.42. The molecule has 7 heteroatoms. The molecule has 6 rings (SSSR count). The molecular formula is C30H22IrN6. The van der Waals surface area contributed by atoms with Crippen LogP contribution in [-0.2, 0) is 20.1 Å². The first kappa shape index (κ1) is 25.6. The summed E-state index contributed by atoms with van der Waals surface area (Å²) in [6, 6.07) is 31.2. The van der Waals surface area contributed by atoms with Crippen LogP contribution in [0, 0.1) is 0 Å². The summed E-state index contributed by atoms with van der Waals surface area (Å²) < 4.78 is 0. The Morgan fingerprint density at radius 1 is 0.297 bits per heavy atom. The second-order valence-electron chi connectivity index (χ2n) is 7.66. The zero-order chi connectivity index (χ0) is 24.4. The maximum atomic E-state index is 4.42. The first-order chi connectivity index (χ1) is 17.9. The molecule has 37 heavy (non-hydrogen) atoms. The molecule has 0 aliphatic heterocycles. The Morgan fingerprint density at radius 3 is 0.946 bits per heavy atom. The molecule has 0 spiro atoms. The van der Waals surface area contributed by atoms with Crippen LogP contribution in [0.3, 0.4) is 0 Å². The van der Waals surface area contributed by atoms with Crippen molar-refractivity contribution < 1.29 is 20.1 Å². The normalized spacial score (nSPS) is 9.95. The van der Waals surface area contributed by atoms with E-state index in [4.69, 9.17) is 0 Å². The van der Waals surface area contributed by atoms with Crippen molar-refractivity contribution in [3.05, 3.63) is 134 Å². The minimum atomic E-state index is 0. The van der Waals surface area contributed by atoms with Gasteiger partial charge in [-0.2, -0.15) is 0 Å². The fourth-order valence-corrected chi connectivity index (χ4v) is 3.68. The molecule has 0 fully saturated rings. The second kappa shape index (κ2) is 13.0. The Hall–Kier alpha value is -4.45. The van der Waals surface area contributed by atoms with Gasteiger partial charge in [0.1, 0.15) is 0 Å². The number of hydrogen-bond acceptors (Lipinski definition) is 6. The molecule has 0 N–H and O–H groups in total. The van der Waals surface area contributed by atoms with E-state index in [1.54, 1.807) is 37.2 Å². The van der Waals surface area contributed by atoms with Crippen LogP contribution in [0.1, 0.15) is 0 Å². The summed E-state index contributed by atoms with van der Waals surface area (Å²) >= 11 is 0. The van der Waals surface area contributed by atoms with Crippen molar-refractivity contribution in [2.75, 3.05) is 0 Å². The predicted octanol–water partition coefficient (Wildman–Crippen LogP) is 6.41. The molecule has 0 atom stereocenters. The molecule has 0 aromatic carbocycles. The number of nitrogens with zero attached hydrogens (tertiary/aromatic N) is 6. The van der Waals surface area contributed by atoms with Gasteiger partial charge in [0.2, 0.25) is 0 Å². The van der Waals surface area contributed by atoms with Crippen LogP contribution in [0.15, 0.2) is 134 Å². The van der Waals surface area contributed by atoms with Crippen molar-refractivity contribution in [2.45, 2.75) is 0 Å². The Morgan fingerprint density at radius 2 is 0.622 bits per heavy atom. The molecule has 0 saturated carbocycles. The summed E-state index contributed by atoms with van der Waals surface area (Å²) in [5, 5.41) is 0. The monoisotopic (exact) mass is 659 g/mol. The molecule has 6 aromatic rings. The van der Waals surface area contributed by atoms with Gasteiger partial charge in [-0.25, -0.2) is 0 Å². The standard InChI is InChI=1S/2C15H11N3.Ir/c2*1-3-9-16-13(7-1)12-6-5-11-18-15(12)14-8-2-4-10-17-14;/h2*1-11H;. The maximum Gasteiger partial charge on any atom is 0.0980 e. The minimum absolute atomic E-state index is 0. The van der Waals surface area contributed by atoms with E-state index in [9.17, 15) is 0 Å². The van der Waals surface area contributed by atoms with E-state index in [0.717, 1.165) is 45.3 Å². The van der Waals surface area contributed by atoms with E-state index in [0.29, 0.717) is 0 Å². The SMILES string of the molecule is [Ir].c1ccc(-c2cccnc2-c2ccccn2)nc1.c1ccc(-c2cccnc2-c2ccccn2)nc1. The zero-order valence-electron chi connectivity index (χ0n) is 19.7. The van der Waals surface area contributed by atoms with Crippen molar-refractivity contribution in [3.8, 4) is 45.3 Å². The number of aromatic nitrogens is 6. The third-order valence-electron chi connectivity index (χ3n) is 5.31. The van der Waals surface area contributed by atoms with E-state index in [1.807, 2.05) is 97.1 Å². The molecule has 0 saturated heterocycles. The Kier molecular flexibility index (Phi) is 9.02. The smallest absolute Gasteiger partial charge is 0.0980 e. The fraction of sp³-hybridized carbons (Fsp3) is 0. The van der Waals surface area contributed by atoms with Crippen LogP contribution in [0.5, 0.6) is 0 Å². The van der Waals surface area contributed by atoms with Crippen LogP contribution in [0.2, 0.25) is 0 Å². The molecule has 6 heterocycles. The topological polar surface area (TPSA) is 77.3 Å². The third-order valence-corrected chi connectivity index (χ3v) is 5.31. The average molecular weight is 659 g/mol. The largest absolute Gasteiger partial charge is 0.256 e. The van der Waals surface area contributed by atoms with Gasteiger partial charge in [0, 0.05) is 68.4 Å². The van der Waals surface area contributed by atoms with E-state index in [2.05, 4.69) is 29.9 Å². The van der Waals surface area contributed by atoms with Crippen LogP contribution >= 0.6 is 0 Å². The fourth-order valence-electron chi connectivity index (χ4n) is 3.68. The molecule has 181 valence electrons. The quantitative estimate of drug-likeness (QED) is 0.218. The summed E-state index contributed by atoms with van der Waals surface area (Å²) in [6.07, 6.45) is 10.7. The summed E-state index contributed by atoms with van der Waals surface area (Å²) in [4.78, 5) is 26.3. The van der Waals surface area contributed by atoms with Gasteiger partial charge in [-0.15, -0.1) is 0 Å². The van der Waals surface area contributed by atoms with Crippen molar-refractivity contribution in [1.29, 1.82) is 0 Å². The minimum Gasteiger partial charge on any atom is -0.256 e. The van der Waals surface area contributed by atoms with Gasteiger partial charge < -0.3 is 0 Å². The van der Waals surface area contributed by atoms with Gasteiger partial charge in [0.15, 0.2) is 0 Å². The van der Waals surface area contributed by atoms with Crippen LogP contribution < -0.4 is 0 Å². The first-order valence-electron chi connectivity index (χ1n) is 11.5. The van der Waals surface area contributed by atoms with Crippen molar-refractivity contribution in [3.63, 3.8) is 0 Å². The summed E-state index contributed by atoms with van der Waals surface area (Å²) in [7, 11) is 0. The molecule has 6 nitrogen and oxygen atoms in total. The molecule has 0 bridgehead atoms. The number of rotatable bonds is 4. The molecule has 0 amide bonds. The summed E-state index contributed by atoms with van der Waals surface area (Å²) in [5.41, 5.74) is 7.25. The van der Waals surface area contributed by atoms with Crippen LogP contribution in [-0.4, -0.2) is 29.9 Å². The Labute approximate surface area is 229 Å². The predicted molar refractivity (Wildman–Crippen MR) is 141 cm³/mol. The van der Waals surface area contributed by atoms with Gasteiger partial charge in [0.25, 0.3) is 0 Å². The first-order valence-corrected chi connectivity index (χ1v) is 11.5. The van der Waals surface area contributed by atoms with Crippen LogP contribution in [0.4, 0.5) is 0 Å². The second-order valence-corrected chi connectivity index (χ2v) is 7.66. The summed E-state index contributed by atoms with van der Waals surface area (Å²) in [5.74, 6) is 0. The van der Waals surface area contributed by atoms with Crippen molar-refractivity contribution in [1.82, 2.24) is 29.9 Å². The van der Waals surface area contributed by atoms with E-state index < -0.39 is 0 Å². The van der Waals surface area contributed by atoms with E-state index >= 15 is 0 Å². The third kappa shape index (κ3) is 6.41. The molecule has 0 unspecified atom stereocenters. The molecule has 6 aromatic heterocycles. The van der Waals surface area contributed by atoms with Crippen molar-refractivity contribution >= 4 is 0 Å². The van der Waals surface area contributed by atoms with Gasteiger partial charge in [-0.3, -0.25) is 29.9 Å². The van der Waals surface area contributed by atoms with E-state index in [1.165, 1.54) is 0 Å². The van der Waals surface area contributed by atoms with E-state index in [-0.39, 0.29) is 20.1 Å². The summed E-state index contributed by atoms with van der Waals surface area (Å²) in [6.45, 7) is 0.